The minimum Gasteiger partial charge on any atom is -0.497 e. The normalized spacial score (nSPS) is 17.9. The second kappa shape index (κ2) is 8.16. The summed E-state index contributed by atoms with van der Waals surface area (Å²) in [5, 5.41) is 3.81. The number of nitrogens with zero attached hydrogens (tertiary/aromatic N) is 1. The molecule has 0 fully saturated rings. The fourth-order valence-electron chi connectivity index (χ4n) is 3.41. The maximum absolute atomic E-state index is 13.3. The lowest BCUT2D eigenvalue weighted by atomic mass is 10.0. The van der Waals surface area contributed by atoms with E-state index >= 15 is 0 Å². The highest BCUT2D eigenvalue weighted by Crippen LogP contribution is 2.39. The average molecular weight is 472 g/mol. The molecule has 2 aromatic carbocycles. The van der Waals surface area contributed by atoms with Crippen LogP contribution in [0.2, 0.25) is 0 Å². The van der Waals surface area contributed by atoms with Crippen LogP contribution < -0.4 is 15.5 Å². The van der Waals surface area contributed by atoms with Crippen molar-refractivity contribution in [3.63, 3.8) is 0 Å². The summed E-state index contributed by atoms with van der Waals surface area (Å²) in [4.78, 5) is 13.3. The van der Waals surface area contributed by atoms with E-state index in [9.17, 15) is 4.79 Å². The first-order valence-electron chi connectivity index (χ1n) is 9.29. The fraction of sp³-hybridized carbons (Fsp3) is 0.227. The van der Waals surface area contributed by atoms with E-state index in [1.165, 1.54) is 0 Å². The Morgan fingerprint density at radius 2 is 1.90 bits per heavy atom. The first kappa shape index (κ1) is 19.9. The largest absolute Gasteiger partial charge is 0.497 e. The number of thioether (sulfide) groups is 1. The molecule has 1 aliphatic heterocycles. The van der Waals surface area contributed by atoms with Gasteiger partial charge in [-0.3, -0.25) is 9.47 Å². The van der Waals surface area contributed by atoms with Crippen molar-refractivity contribution in [3.8, 4) is 5.75 Å². The number of methoxy groups -OCH3 is 1. The second-order valence-corrected chi connectivity index (χ2v) is 9.09. The van der Waals surface area contributed by atoms with E-state index in [-0.39, 0.29) is 17.2 Å². The van der Waals surface area contributed by atoms with Gasteiger partial charge in [0.15, 0.2) is 0 Å². The minimum atomic E-state index is -0.326. The molecule has 7 heteroatoms. The number of carbonyl (C=O) groups is 1. The molecule has 150 valence electrons. The third-order valence-corrected chi connectivity index (χ3v) is 6.83. The Hall–Kier alpha value is -2.38. The third kappa shape index (κ3) is 4.02. The number of nitrogens with one attached hydrogen (secondary N) is 2. The summed E-state index contributed by atoms with van der Waals surface area (Å²) < 4.78 is 8.32. The summed E-state index contributed by atoms with van der Waals surface area (Å²) in [6, 6.07) is 17.6. The molecule has 0 radical (unpaired) electrons. The molecule has 0 bridgehead atoms. The zero-order valence-corrected chi connectivity index (χ0v) is 18.8. The molecule has 0 saturated heterocycles. The summed E-state index contributed by atoms with van der Waals surface area (Å²) >= 11 is 5.05. The number of hydrogen-bond donors (Lipinski definition) is 2. The summed E-state index contributed by atoms with van der Waals surface area (Å²) in [5.74, 6) is 0.764. The fourth-order valence-corrected chi connectivity index (χ4v) is 5.12. The Bertz CT molecular complexity index is 1050. The first-order valence-corrected chi connectivity index (χ1v) is 11.0. The lowest BCUT2D eigenvalue weighted by Crippen LogP contribution is -2.41. The smallest absolute Gasteiger partial charge is 0.240 e. The number of ether oxygens (including phenoxy) is 1. The van der Waals surface area contributed by atoms with Gasteiger partial charge in [-0.2, -0.15) is 0 Å². The van der Waals surface area contributed by atoms with Crippen LogP contribution in [0.1, 0.15) is 22.9 Å². The van der Waals surface area contributed by atoms with Gasteiger partial charge in [-0.05, 0) is 67.4 Å². The van der Waals surface area contributed by atoms with Crippen LogP contribution in [0.5, 0.6) is 5.75 Å². The molecule has 2 N–H and O–H groups in total. The van der Waals surface area contributed by atoms with E-state index in [1.807, 2.05) is 67.1 Å². The number of amides is 1. The van der Waals surface area contributed by atoms with Crippen LogP contribution in [0, 0.1) is 13.8 Å². The number of anilines is 1. The quantitative estimate of drug-likeness (QED) is 0.543. The number of benzene rings is 2. The number of halogens is 1. The van der Waals surface area contributed by atoms with Crippen molar-refractivity contribution in [2.75, 3.05) is 17.9 Å². The topological polar surface area (TPSA) is 55.3 Å². The molecule has 29 heavy (non-hydrogen) atoms. The van der Waals surface area contributed by atoms with Gasteiger partial charge in [0.05, 0.1) is 18.2 Å². The van der Waals surface area contributed by atoms with E-state index in [0.717, 1.165) is 37.8 Å². The molecular weight excluding hydrogens is 450 g/mol. The van der Waals surface area contributed by atoms with Crippen molar-refractivity contribution in [1.82, 2.24) is 4.68 Å². The highest BCUT2D eigenvalue weighted by Gasteiger charge is 2.36. The van der Waals surface area contributed by atoms with Crippen LogP contribution in [0.4, 0.5) is 5.69 Å². The molecule has 0 aliphatic carbocycles. The van der Waals surface area contributed by atoms with Gasteiger partial charge in [-0.15, -0.1) is 0 Å². The van der Waals surface area contributed by atoms with Crippen molar-refractivity contribution in [3.05, 3.63) is 75.9 Å². The molecule has 1 amide bonds. The second-order valence-electron chi connectivity index (χ2n) is 7.02. The van der Waals surface area contributed by atoms with Gasteiger partial charge in [-0.25, -0.2) is 0 Å². The van der Waals surface area contributed by atoms with E-state index in [0.29, 0.717) is 0 Å². The Morgan fingerprint density at radius 1 is 1.14 bits per heavy atom. The molecule has 1 aliphatic rings. The van der Waals surface area contributed by atoms with E-state index in [4.69, 9.17) is 4.74 Å². The predicted octanol–water partition coefficient (Wildman–Crippen LogP) is 5.27. The SMILES string of the molecule is COc1ccc([C@@H]2Nn3c(C)ccc3S[C@@H]2C(=O)Nc2ccc(Br)cc2C)cc1. The molecule has 0 saturated carbocycles. The van der Waals surface area contributed by atoms with Gasteiger partial charge >= 0.3 is 0 Å². The Balaban J connectivity index is 1.66. The molecule has 5 nitrogen and oxygen atoms in total. The van der Waals surface area contributed by atoms with Crippen molar-refractivity contribution < 1.29 is 9.53 Å². The van der Waals surface area contributed by atoms with Gasteiger partial charge in [0, 0.05) is 15.9 Å². The van der Waals surface area contributed by atoms with Crippen molar-refractivity contribution >= 4 is 39.3 Å². The number of aromatic nitrogens is 1. The van der Waals surface area contributed by atoms with Gasteiger partial charge in [0.25, 0.3) is 0 Å². The maximum Gasteiger partial charge on any atom is 0.240 e. The van der Waals surface area contributed by atoms with E-state index in [2.05, 4.69) is 32.7 Å². The highest BCUT2D eigenvalue weighted by molar-refractivity contribution is 9.10. The van der Waals surface area contributed by atoms with Crippen LogP contribution in [0.25, 0.3) is 0 Å². The monoisotopic (exact) mass is 471 g/mol. The van der Waals surface area contributed by atoms with Gasteiger partial charge in [0.2, 0.25) is 5.91 Å². The van der Waals surface area contributed by atoms with Crippen molar-refractivity contribution in [1.29, 1.82) is 0 Å². The van der Waals surface area contributed by atoms with Crippen molar-refractivity contribution in [2.45, 2.75) is 30.2 Å². The molecular formula is C22H22BrN3O2S. The molecule has 0 spiro atoms. The van der Waals surface area contributed by atoms with Crippen molar-refractivity contribution in [2.24, 2.45) is 0 Å². The molecule has 0 unspecified atom stereocenters. The van der Waals surface area contributed by atoms with E-state index < -0.39 is 0 Å². The summed E-state index contributed by atoms with van der Waals surface area (Å²) in [6.07, 6.45) is 0. The zero-order chi connectivity index (χ0) is 20.5. The van der Waals surface area contributed by atoms with Crippen LogP contribution in [-0.4, -0.2) is 22.9 Å². The summed E-state index contributed by atoms with van der Waals surface area (Å²) in [5.41, 5.74) is 7.50. The predicted molar refractivity (Wildman–Crippen MR) is 121 cm³/mol. The molecule has 3 aromatic rings. The standard InChI is InChI=1S/C22H22BrN3O2S/c1-13-12-16(23)7-10-18(13)24-22(27)21-20(15-5-8-17(28-3)9-6-15)25-26-14(2)4-11-19(26)29-21/h4-12,20-21,25H,1-3H3,(H,24,27)/t20-,21-/m0/s1. The van der Waals surface area contributed by atoms with Crippen LogP contribution >= 0.6 is 27.7 Å². The molecule has 1 aromatic heterocycles. The van der Waals surface area contributed by atoms with E-state index in [1.54, 1.807) is 18.9 Å². The number of carbonyl (C=O) groups excluding carboxylic acids is 1. The molecule has 2 atom stereocenters. The van der Waals surface area contributed by atoms with Gasteiger partial charge < -0.3 is 15.5 Å². The van der Waals surface area contributed by atoms with Crippen LogP contribution in [0.3, 0.4) is 0 Å². The number of aryl methyl sites for hydroxylation is 2. The van der Waals surface area contributed by atoms with Crippen LogP contribution in [0.15, 0.2) is 64.1 Å². The number of rotatable bonds is 4. The maximum atomic E-state index is 13.3. The minimum absolute atomic E-state index is 0.0288. The summed E-state index contributed by atoms with van der Waals surface area (Å²) in [7, 11) is 1.65. The van der Waals surface area contributed by atoms with Gasteiger partial charge in [-0.1, -0.05) is 39.8 Å². The van der Waals surface area contributed by atoms with Gasteiger partial charge in [0.1, 0.15) is 11.0 Å². The Kier molecular flexibility index (Phi) is 5.61. The lowest BCUT2D eigenvalue weighted by molar-refractivity contribution is -0.116. The molecule has 4 rings (SSSR count). The lowest BCUT2D eigenvalue weighted by Gasteiger charge is -2.34. The first-order chi connectivity index (χ1) is 14.0. The average Bonchev–Trinajstić information content (AvgIpc) is 3.09. The summed E-state index contributed by atoms with van der Waals surface area (Å²) in [6.45, 7) is 4.04. The number of hydrogen-bond acceptors (Lipinski definition) is 4. The Morgan fingerprint density at radius 3 is 2.59 bits per heavy atom. The number of fused-ring (bicyclic) bond motifs is 1. The van der Waals surface area contributed by atoms with Crippen LogP contribution in [-0.2, 0) is 4.79 Å². The molecule has 2 heterocycles. The zero-order valence-electron chi connectivity index (χ0n) is 16.4. The highest BCUT2D eigenvalue weighted by atomic mass is 79.9. The third-order valence-electron chi connectivity index (χ3n) is 5.04. The Labute approximate surface area is 182 Å².